The van der Waals surface area contributed by atoms with Crippen molar-refractivity contribution in [2.75, 3.05) is 0 Å². The molecule has 21 heavy (non-hydrogen) atoms. The molecule has 2 saturated heterocycles. The summed E-state index contributed by atoms with van der Waals surface area (Å²) in [6.45, 7) is 6.73. The first kappa shape index (κ1) is 15.3. The van der Waals surface area contributed by atoms with Crippen LogP contribution in [-0.4, -0.2) is 34.9 Å². The van der Waals surface area contributed by atoms with Gasteiger partial charge in [0.2, 0.25) is 0 Å². The zero-order valence-corrected chi connectivity index (χ0v) is 12.5. The van der Waals surface area contributed by atoms with Gasteiger partial charge in [-0.2, -0.15) is 5.10 Å². The van der Waals surface area contributed by atoms with Crippen molar-refractivity contribution in [2.45, 2.75) is 51.7 Å². The van der Waals surface area contributed by atoms with E-state index in [0.29, 0.717) is 5.71 Å². The van der Waals surface area contributed by atoms with E-state index >= 15 is 0 Å². The lowest BCUT2D eigenvalue weighted by Crippen LogP contribution is -2.37. The number of hydrogen-bond donors (Lipinski definition) is 2. The zero-order valence-electron chi connectivity index (χ0n) is 12.5. The maximum absolute atomic E-state index is 12.3. The van der Waals surface area contributed by atoms with Crippen LogP contribution in [0.2, 0.25) is 0 Å². The van der Waals surface area contributed by atoms with Crippen molar-refractivity contribution in [1.29, 1.82) is 0 Å². The highest BCUT2D eigenvalue weighted by Crippen LogP contribution is 2.51. The van der Waals surface area contributed by atoms with Crippen molar-refractivity contribution in [3.8, 4) is 0 Å². The first-order valence-electron chi connectivity index (χ1n) is 6.58. The van der Waals surface area contributed by atoms with Gasteiger partial charge in [0, 0.05) is 12.8 Å². The molecule has 116 valence electrons. The summed E-state index contributed by atoms with van der Waals surface area (Å²) >= 11 is 0. The van der Waals surface area contributed by atoms with E-state index in [1.807, 2.05) is 0 Å². The monoisotopic (exact) mass is 297 g/mol. The average Bonchev–Trinajstić information content (AvgIpc) is 2.71. The van der Waals surface area contributed by atoms with Gasteiger partial charge in [0.1, 0.15) is 5.60 Å². The molecule has 0 radical (unpaired) electrons. The summed E-state index contributed by atoms with van der Waals surface area (Å²) in [7, 11) is 0. The number of rotatable bonds is 2. The number of hydrazone groups is 1. The molecule has 2 aliphatic heterocycles. The predicted molar refractivity (Wildman–Crippen MR) is 72.2 cm³/mol. The number of carbonyl (C=O) groups excluding carboxylic acids is 3. The maximum Gasteiger partial charge on any atom is 0.332 e. The highest BCUT2D eigenvalue weighted by Gasteiger charge is 2.67. The molecule has 0 aromatic heterocycles. The Hall–Kier alpha value is -2.12. The van der Waals surface area contributed by atoms with E-state index < -0.39 is 34.6 Å². The van der Waals surface area contributed by atoms with Crippen LogP contribution in [0.15, 0.2) is 5.10 Å². The van der Waals surface area contributed by atoms with Crippen LogP contribution in [-0.2, 0) is 19.1 Å². The maximum atomic E-state index is 12.3. The fraction of sp³-hybridized carbons (Fsp3) is 0.692. The Bertz CT molecular complexity index is 556. The Balaban J connectivity index is 2.29. The van der Waals surface area contributed by atoms with Crippen LogP contribution in [0.25, 0.3) is 0 Å². The number of urea groups is 1. The number of hydrogen-bond acceptors (Lipinski definition) is 6. The third kappa shape index (κ3) is 2.45. The van der Waals surface area contributed by atoms with Gasteiger partial charge in [-0.3, -0.25) is 9.59 Å². The van der Waals surface area contributed by atoms with Gasteiger partial charge in [-0.25, -0.2) is 10.2 Å². The molecule has 2 atom stereocenters. The lowest BCUT2D eigenvalue weighted by Gasteiger charge is -2.22. The van der Waals surface area contributed by atoms with E-state index in [4.69, 9.17) is 15.2 Å². The van der Waals surface area contributed by atoms with Crippen molar-refractivity contribution in [2.24, 2.45) is 16.3 Å². The van der Waals surface area contributed by atoms with E-state index in [1.54, 1.807) is 27.7 Å². The molecule has 0 aromatic rings. The number of esters is 2. The Morgan fingerprint density at radius 2 is 1.76 bits per heavy atom. The zero-order chi connectivity index (χ0) is 16.1. The number of ether oxygens (including phenoxy) is 2. The lowest BCUT2D eigenvalue weighted by atomic mass is 9.75. The van der Waals surface area contributed by atoms with Gasteiger partial charge >= 0.3 is 18.0 Å². The molecule has 2 heterocycles. The van der Waals surface area contributed by atoms with Gasteiger partial charge in [-0.1, -0.05) is 0 Å². The summed E-state index contributed by atoms with van der Waals surface area (Å²) < 4.78 is 10.6. The number of primary amides is 1. The van der Waals surface area contributed by atoms with Crippen LogP contribution in [0.4, 0.5) is 4.79 Å². The molecule has 0 bridgehead atoms. The van der Waals surface area contributed by atoms with E-state index in [9.17, 15) is 14.4 Å². The third-order valence-corrected chi connectivity index (χ3v) is 3.93. The van der Waals surface area contributed by atoms with Crippen LogP contribution >= 0.6 is 0 Å². The fourth-order valence-corrected chi connectivity index (χ4v) is 2.92. The second-order valence-electron chi connectivity index (χ2n) is 6.38. The summed E-state index contributed by atoms with van der Waals surface area (Å²) in [5, 5.41) is 3.79. The fourth-order valence-electron chi connectivity index (χ4n) is 2.92. The standard InChI is InChI=1S/C13H19N3O5/c1-7(15-16-10(14)19)12(4)6-13(9(18)21-12)5-11(2,3)20-8(13)17/h5-6H2,1-4H3,(H3,14,16,19)/b15-7+. The molecule has 0 aromatic carbocycles. The van der Waals surface area contributed by atoms with Crippen molar-refractivity contribution < 1.29 is 23.9 Å². The molecule has 2 unspecified atom stereocenters. The molecule has 2 rings (SSSR count). The van der Waals surface area contributed by atoms with Crippen molar-refractivity contribution in [1.82, 2.24) is 5.43 Å². The van der Waals surface area contributed by atoms with E-state index in [2.05, 4.69) is 10.5 Å². The van der Waals surface area contributed by atoms with Gasteiger partial charge in [0.25, 0.3) is 0 Å². The third-order valence-electron chi connectivity index (χ3n) is 3.93. The molecular weight excluding hydrogens is 278 g/mol. The molecule has 2 amide bonds. The number of nitrogens with two attached hydrogens (primary N) is 1. The summed E-state index contributed by atoms with van der Waals surface area (Å²) in [5.74, 6) is -1.19. The number of nitrogens with one attached hydrogen (secondary N) is 1. The summed E-state index contributed by atoms with van der Waals surface area (Å²) in [5.41, 5.74) is 4.28. The SMILES string of the molecule is C/C(=N\NC(N)=O)C1(C)CC2(CC(C)(C)OC2=O)C(=O)O1. The van der Waals surface area contributed by atoms with Crippen LogP contribution in [0, 0.1) is 5.41 Å². The molecule has 0 aliphatic carbocycles. The normalized spacial score (nSPS) is 34.8. The van der Waals surface area contributed by atoms with Gasteiger partial charge in [0.15, 0.2) is 11.0 Å². The van der Waals surface area contributed by atoms with E-state index in [0.717, 1.165) is 0 Å². The highest BCUT2D eigenvalue weighted by atomic mass is 16.6. The van der Waals surface area contributed by atoms with Crippen molar-refractivity contribution >= 4 is 23.7 Å². The summed E-state index contributed by atoms with van der Waals surface area (Å²) in [6, 6.07) is -0.821. The topological polar surface area (TPSA) is 120 Å². The molecule has 2 aliphatic rings. The number of cyclic esters (lactones) is 2. The average molecular weight is 297 g/mol. The Kier molecular flexibility index (Phi) is 3.23. The minimum Gasteiger partial charge on any atom is -0.459 e. The van der Waals surface area contributed by atoms with Crippen LogP contribution in [0.1, 0.15) is 40.5 Å². The lowest BCUT2D eigenvalue weighted by molar-refractivity contribution is -0.160. The smallest absolute Gasteiger partial charge is 0.332 e. The van der Waals surface area contributed by atoms with Crippen LogP contribution in [0.5, 0.6) is 0 Å². The van der Waals surface area contributed by atoms with Gasteiger partial charge in [-0.15, -0.1) is 0 Å². The first-order valence-corrected chi connectivity index (χ1v) is 6.58. The number of carbonyl (C=O) groups is 3. The van der Waals surface area contributed by atoms with Crippen molar-refractivity contribution in [3.05, 3.63) is 0 Å². The molecule has 8 nitrogen and oxygen atoms in total. The predicted octanol–water partition coefficient (Wildman–Crippen LogP) is 0.448. The number of nitrogens with zero attached hydrogens (tertiary/aromatic N) is 1. The summed E-state index contributed by atoms with van der Waals surface area (Å²) in [6.07, 6.45) is 0.376. The van der Waals surface area contributed by atoms with Gasteiger partial charge < -0.3 is 15.2 Å². The molecule has 1 spiro atoms. The summed E-state index contributed by atoms with van der Waals surface area (Å²) in [4.78, 5) is 35.1. The van der Waals surface area contributed by atoms with E-state index in [1.165, 1.54) is 0 Å². The molecule has 8 heteroatoms. The Morgan fingerprint density at radius 3 is 2.24 bits per heavy atom. The van der Waals surface area contributed by atoms with E-state index in [-0.39, 0.29) is 12.8 Å². The van der Waals surface area contributed by atoms with Gasteiger partial charge in [-0.05, 0) is 27.7 Å². The minimum atomic E-state index is -1.30. The first-order chi connectivity index (χ1) is 9.51. The Labute approximate surface area is 122 Å². The molecule has 0 saturated carbocycles. The van der Waals surface area contributed by atoms with Crippen molar-refractivity contribution in [3.63, 3.8) is 0 Å². The molecule has 3 N–H and O–H groups in total. The van der Waals surface area contributed by atoms with Crippen LogP contribution < -0.4 is 11.2 Å². The highest BCUT2D eigenvalue weighted by molar-refractivity contribution is 6.07. The Morgan fingerprint density at radius 1 is 1.19 bits per heavy atom. The minimum absolute atomic E-state index is 0.122. The molecular formula is C13H19N3O5. The van der Waals surface area contributed by atoms with Crippen LogP contribution in [0.3, 0.4) is 0 Å². The largest absolute Gasteiger partial charge is 0.459 e. The quantitative estimate of drug-likeness (QED) is 0.332. The second-order valence-corrected chi connectivity index (χ2v) is 6.38. The van der Waals surface area contributed by atoms with Gasteiger partial charge in [0.05, 0.1) is 5.71 Å². The molecule has 2 fully saturated rings. The number of amides is 2. The second kappa shape index (κ2) is 4.44.